The van der Waals surface area contributed by atoms with Gasteiger partial charge in [0.25, 0.3) is 0 Å². The second-order valence-electron chi connectivity index (χ2n) is 5.10. The topological polar surface area (TPSA) is 72.2 Å². The van der Waals surface area contributed by atoms with Crippen molar-refractivity contribution in [1.29, 1.82) is 0 Å². The number of hydrogen-bond donors (Lipinski definition) is 2. The predicted octanol–water partition coefficient (Wildman–Crippen LogP) is 2.43. The van der Waals surface area contributed by atoms with Gasteiger partial charge in [-0.15, -0.1) is 0 Å². The third-order valence-corrected chi connectivity index (χ3v) is 5.65. The third-order valence-electron chi connectivity index (χ3n) is 3.61. The number of anilines is 2. The lowest BCUT2D eigenvalue weighted by Crippen LogP contribution is -2.33. The molecule has 1 amide bonds. The molecule has 2 unspecified atom stereocenters. The summed E-state index contributed by atoms with van der Waals surface area (Å²) in [5, 5.41) is 2.18. The highest BCUT2D eigenvalue weighted by Crippen LogP contribution is 2.25. The molecular weight excluding hydrogens is 279 g/mol. The summed E-state index contributed by atoms with van der Waals surface area (Å²) in [5.41, 5.74) is 5.85. The Morgan fingerprint density at radius 2 is 2.10 bits per heavy atom. The monoisotopic (exact) mass is 298 g/mol. The zero-order valence-electron chi connectivity index (χ0n) is 11.4. The van der Waals surface area contributed by atoms with Crippen LogP contribution in [0, 0.1) is 5.82 Å². The van der Waals surface area contributed by atoms with Gasteiger partial charge in [0.2, 0.25) is 5.91 Å². The van der Waals surface area contributed by atoms with Crippen molar-refractivity contribution in [2.45, 2.75) is 43.1 Å². The molecule has 1 aliphatic carbocycles. The first-order valence-corrected chi connectivity index (χ1v) is 8.02. The van der Waals surface area contributed by atoms with Crippen molar-refractivity contribution in [3.05, 3.63) is 24.0 Å². The second-order valence-corrected chi connectivity index (χ2v) is 7.13. The summed E-state index contributed by atoms with van der Waals surface area (Å²) < 4.78 is 25.3. The van der Waals surface area contributed by atoms with Gasteiger partial charge in [-0.3, -0.25) is 9.00 Å². The molecule has 20 heavy (non-hydrogen) atoms. The Kier molecular flexibility index (Phi) is 4.75. The Labute approximate surface area is 120 Å². The Hall–Kier alpha value is -1.43. The molecule has 2 rings (SSSR count). The van der Waals surface area contributed by atoms with Crippen LogP contribution in [0.15, 0.2) is 18.2 Å². The number of benzene rings is 1. The number of hydrogen-bond acceptors (Lipinski definition) is 3. The van der Waals surface area contributed by atoms with E-state index in [1.807, 2.05) is 0 Å². The molecule has 0 aliphatic heterocycles. The summed E-state index contributed by atoms with van der Waals surface area (Å²) >= 11 is 0. The molecule has 1 aromatic carbocycles. The van der Waals surface area contributed by atoms with Gasteiger partial charge in [-0.1, -0.05) is 12.8 Å². The summed E-state index contributed by atoms with van der Waals surface area (Å²) in [6.07, 6.45) is 4.01. The molecule has 4 nitrogen and oxygen atoms in total. The van der Waals surface area contributed by atoms with Crippen molar-refractivity contribution in [1.82, 2.24) is 0 Å². The molecule has 1 saturated carbocycles. The number of nitrogens with one attached hydrogen (secondary N) is 1. The molecule has 0 saturated heterocycles. The van der Waals surface area contributed by atoms with Gasteiger partial charge in [-0.25, -0.2) is 4.39 Å². The van der Waals surface area contributed by atoms with Crippen LogP contribution in [0.1, 0.15) is 32.6 Å². The Morgan fingerprint density at radius 1 is 1.45 bits per heavy atom. The standard InChI is InChI=1S/C14H19FN2O2S/c1-9(20(19)11-4-2-3-5-11)14(18)17-10-6-7-12(15)13(16)8-10/h6-9,11H,2-5,16H2,1H3,(H,17,18). The lowest BCUT2D eigenvalue weighted by atomic mass is 10.2. The summed E-state index contributed by atoms with van der Waals surface area (Å²) in [6, 6.07) is 4.00. The second kappa shape index (κ2) is 6.35. The number of carbonyl (C=O) groups excluding carboxylic acids is 1. The van der Waals surface area contributed by atoms with E-state index in [1.165, 1.54) is 18.2 Å². The molecule has 1 aliphatic rings. The zero-order chi connectivity index (χ0) is 14.7. The van der Waals surface area contributed by atoms with Gasteiger partial charge >= 0.3 is 0 Å². The van der Waals surface area contributed by atoms with Gasteiger partial charge in [0.15, 0.2) is 0 Å². The first kappa shape index (κ1) is 15.0. The van der Waals surface area contributed by atoms with Crippen molar-refractivity contribution in [2.75, 3.05) is 11.1 Å². The summed E-state index contributed by atoms with van der Waals surface area (Å²) in [7, 11) is -1.17. The highest BCUT2D eigenvalue weighted by molar-refractivity contribution is 7.87. The summed E-state index contributed by atoms with van der Waals surface area (Å²) in [6.45, 7) is 1.66. The zero-order valence-corrected chi connectivity index (χ0v) is 12.2. The van der Waals surface area contributed by atoms with Gasteiger partial charge in [0, 0.05) is 21.7 Å². The molecular formula is C14H19FN2O2S. The van der Waals surface area contributed by atoms with Crippen LogP contribution in [-0.4, -0.2) is 20.6 Å². The van der Waals surface area contributed by atoms with Crippen molar-refractivity contribution in [3.63, 3.8) is 0 Å². The molecule has 1 aromatic rings. The first-order chi connectivity index (χ1) is 9.49. The molecule has 110 valence electrons. The minimum absolute atomic E-state index is 0.0210. The molecule has 0 spiro atoms. The lowest BCUT2D eigenvalue weighted by Gasteiger charge is -2.16. The Morgan fingerprint density at radius 3 is 2.70 bits per heavy atom. The summed E-state index contributed by atoms with van der Waals surface area (Å²) in [5.74, 6) is -0.841. The number of nitrogens with two attached hydrogens (primary N) is 1. The third kappa shape index (κ3) is 3.36. The van der Waals surface area contributed by atoms with E-state index in [4.69, 9.17) is 5.73 Å². The molecule has 0 bridgehead atoms. The van der Waals surface area contributed by atoms with Crippen molar-refractivity contribution >= 4 is 28.1 Å². The average Bonchev–Trinajstić information content (AvgIpc) is 2.95. The number of amides is 1. The van der Waals surface area contributed by atoms with Crippen LogP contribution in [0.3, 0.4) is 0 Å². The fourth-order valence-corrected chi connectivity index (χ4v) is 4.03. The smallest absolute Gasteiger partial charge is 0.239 e. The molecule has 0 radical (unpaired) electrons. The fraction of sp³-hybridized carbons (Fsp3) is 0.500. The van der Waals surface area contributed by atoms with E-state index in [0.29, 0.717) is 5.69 Å². The van der Waals surface area contributed by atoms with Gasteiger partial charge in [0.1, 0.15) is 11.1 Å². The van der Waals surface area contributed by atoms with Crippen LogP contribution in [0.2, 0.25) is 0 Å². The number of rotatable bonds is 4. The van der Waals surface area contributed by atoms with Crippen LogP contribution < -0.4 is 11.1 Å². The molecule has 6 heteroatoms. The molecule has 0 aromatic heterocycles. The van der Waals surface area contributed by atoms with E-state index in [-0.39, 0.29) is 16.8 Å². The number of carbonyl (C=O) groups is 1. The summed E-state index contributed by atoms with van der Waals surface area (Å²) in [4.78, 5) is 12.1. The van der Waals surface area contributed by atoms with Crippen LogP contribution in [0.4, 0.5) is 15.8 Å². The molecule has 2 atom stereocenters. The van der Waals surface area contributed by atoms with Crippen LogP contribution in [0.5, 0.6) is 0 Å². The highest BCUT2D eigenvalue weighted by atomic mass is 32.2. The lowest BCUT2D eigenvalue weighted by molar-refractivity contribution is -0.115. The van der Waals surface area contributed by atoms with Crippen LogP contribution in [-0.2, 0) is 15.6 Å². The molecule has 0 heterocycles. The van der Waals surface area contributed by atoms with E-state index in [9.17, 15) is 13.4 Å². The van der Waals surface area contributed by atoms with Gasteiger partial charge in [0.05, 0.1) is 5.69 Å². The maximum absolute atomic E-state index is 13.0. The van der Waals surface area contributed by atoms with Crippen molar-refractivity contribution in [2.24, 2.45) is 0 Å². The van der Waals surface area contributed by atoms with Gasteiger partial charge < -0.3 is 11.1 Å². The van der Waals surface area contributed by atoms with Crippen LogP contribution in [0.25, 0.3) is 0 Å². The predicted molar refractivity (Wildman–Crippen MR) is 79.3 cm³/mol. The van der Waals surface area contributed by atoms with Crippen molar-refractivity contribution in [3.8, 4) is 0 Å². The average molecular weight is 298 g/mol. The van der Waals surface area contributed by atoms with E-state index in [1.54, 1.807) is 6.92 Å². The maximum atomic E-state index is 13.0. The van der Waals surface area contributed by atoms with Gasteiger partial charge in [-0.2, -0.15) is 0 Å². The molecule has 1 fully saturated rings. The van der Waals surface area contributed by atoms with Gasteiger partial charge in [-0.05, 0) is 38.0 Å². The Balaban J connectivity index is 1.99. The normalized spacial score (nSPS) is 18.7. The Bertz CT molecular complexity index is 530. The van der Waals surface area contributed by atoms with E-state index in [0.717, 1.165) is 25.7 Å². The first-order valence-electron chi connectivity index (χ1n) is 6.74. The largest absolute Gasteiger partial charge is 0.396 e. The minimum atomic E-state index is -1.17. The number of nitrogen functional groups attached to an aromatic ring is 1. The molecule has 3 N–H and O–H groups in total. The highest BCUT2D eigenvalue weighted by Gasteiger charge is 2.29. The minimum Gasteiger partial charge on any atom is -0.396 e. The quantitative estimate of drug-likeness (QED) is 0.839. The fourth-order valence-electron chi connectivity index (χ4n) is 2.38. The SMILES string of the molecule is CC(C(=O)Nc1ccc(F)c(N)c1)S(=O)C1CCCC1. The van der Waals surface area contributed by atoms with E-state index < -0.39 is 21.9 Å². The van der Waals surface area contributed by atoms with E-state index in [2.05, 4.69) is 5.32 Å². The van der Waals surface area contributed by atoms with Crippen LogP contribution >= 0.6 is 0 Å². The van der Waals surface area contributed by atoms with E-state index >= 15 is 0 Å². The maximum Gasteiger partial charge on any atom is 0.239 e. The van der Waals surface area contributed by atoms with Crippen molar-refractivity contribution < 1.29 is 13.4 Å². The number of halogens is 1.